The molecule has 22 heavy (non-hydrogen) atoms. The average molecular weight is 330 g/mol. The molecule has 2 aromatic rings. The first-order chi connectivity index (χ1) is 10.4. The number of halogens is 4. The van der Waals surface area contributed by atoms with Crippen LogP contribution < -0.4 is 4.74 Å². The third kappa shape index (κ3) is 5.65. The molecule has 0 aliphatic heterocycles. The minimum Gasteiger partial charge on any atom is -0.406 e. The van der Waals surface area contributed by atoms with Crippen molar-refractivity contribution in [3.05, 3.63) is 64.7 Å². The monoisotopic (exact) mass is 329 g/mol. The molecule has 2 aromatic carbocycles. The predicted molar refractivity (Wildman–Crippen MR) is 77.0 cm³/mol. The van der Waals surface area contributed by atoms with Crippen LogP contribution in [-0.4, -0.2) is 12.6 Å². The lowest BCUT2D eigenvalue weighted by Crippen LogP contribution is -2.17. The molecular weight excluding hydrogens is 319 g/mol. The van der Waals surface area contributed by atoms with Gasteiger partial charge in [0.2, 0.25) is 0 Å². The lowest BCUT2D eigenvalue weighted by molar-refractivity contribution is -0.274. The molecule has 0 aliphatic rings. The van der Waals surface area contributed by atoms with E-state index in [4.69, 9.17) is 16.4 Å². The largest absolute Gasteiger partial charge is 0.573 e. The quantitative estimate of drug-likeness (QED) is 0.583. The fourth-order valence-electron chi connectivity index (χ4n) is 1.58. The van der Waals surface area contributed by atoms with Crippen molar-refractivity contribution in [1.82, 2.24) is 0 Å². The smallest absolute Gasteiger partial charge is 0.406 e. The zero-order valence-corrected chi connectivity index (χ0v) is 11.9. The minimum absolute atomic E-state index is 0.128. The molecule has 0 spiro atoms. The first-order valence-corrected chi connectivity index (χ1v) is 6.56. The van der Waals surface area contributed by atoms with Gasteiger partial charge in [0.15, 0.2) is 0 Å². The van der Waals surface area contributed by atoms with Crippen molar-refractivity contribution in [2.24, 2.45) is 5.16 Å². The predicted octanol–water partition coefficient (Wildman–Crippen LogP) is 4.79. The van der Waals surface area contributed by atoms with Crippen LogP contribution in [-0.2, 0) is 11.4 Å². The highest BCUT2D eigenvalue weighted by Gasteiger charge is 2.30. The van der Waals surface area contributed by atoms with Crippen LogP contribution in [0, 0.1) is 0 Å². The Hall–Kier alpha value is -2.21. The van der Waals surface area contributed by atoms with E-state index < -0.39 is 6.36 Å². The summed E-state index contributed by atoms with van der Waals surface area (Å²) in [6.45, 7) is 0.128. The van der Waals surface area contributed by atoms with Gasteiger partial charge in [-0.3, -0.25) is 0 Å². The van der Waals surface area contributed by atoms with Crippen molar-refractivity contribution >= 4 is 17.8 Å². The third-order valence-corrected chi connectivity index (χ3v) is 2.75. The minimum atomic E-state index is -4.70. The van der Waals surface area contributed by atoms with Gasteiger partial charge in [0.25, 0.3) is 0 Å². The molecule has 0 aliphatic carbocycles. The summed E-state index contributed by atoms with van der Waals surface area (Å²) in [7, 11) is 0. The molecule has 0 atom stereocenters. The van der Waals surface area contributed by atoms with E-state index in [-0.39, 0.29) is 12.4 Å². The number of benzene rings is 2. The van der Waals surface area contributed by atoms with Crippen molar-refractivity contribution in [2.45, 2.75) is 13.0 Å². The van der Waals surface area contributed by atoms with E-state index in [1.54, 1.807) is 18.2 Å². The Kier molecular flexibility index (Phi) is 5.27. The first-order valence-electron chi connectivity index (χ1n) is 6.18. The molecular formula is C15H11ClF3NO2. The summed E-state index contributed by atoms with van der Waals surface area (Å²) in [4.78, 5) is 5.07. The number of nitrogens with zero attached hydrogens (tertiary/aromatic N) is 1. The maximum Gasteiger partial charge on any atom is 0.573 e. The van der Waals surface area contributed by atoms with E-state index in [0.717, 1.165) is 5.56 Å². The van der Waals surface area contributed by atoms with Crippen molar-refractivity contribution in [3.63, 3.8) is 0 Å². The Morgan fingerprint density at radius 2 is 1.82 bits per heavy atom. The second-order valence-corrected chi connectivity index (χ2v) is 4.69. The van der Waals surface area contributed by atoms with Gasteiger partial charge in [0.05, 0.1) is 6.21 Å². The van der Waals surface area contributed by atoms with Gasteiger partial charge in [0, 0.05) is 5.02 Å². The van der Waals surface area contributed by atoms with Gasteiger partial charge in [-0.25, -0.2) is 0 Å². The normalized spacial score (nSPS) is 11.6. The molecule has 0 saturated heterocycles. The maximum atomic E-state index is 12.0. The van der Waals surface area contributed by atoms with Crippen LogP contribution in [0.4, 0.5) is 13.2 Å². The maximum absolute atomic E-state index is 12.0. The molecule has 3 nitrogen and oxygen atoms in total. The first kappa shape index (κ1) is 16.2. The molecule has 0 bridgehead atoms. The Morgan fingerprint density at radius 1 is 1.09 bits per heavy atom. The van der Waals surface area contributed by atoms with Crippen LogP contribution in [0.15, 0.2) is 53.7 Å². The lowest BCUT2D eigenvalue weighted by Gasteiger charge is -2.08. The Morgan fingerprint density at radius 3 is 2.45 bits per heavy atom. The topological polar surface area (TPSA) is 30.8 Å². The van der Waals surface area contributed by atoms with E-state index in [1.807, 2.05) is 6.07 Å². The number of alkyl halides is 3. The summed E-state index contributed by atoms with van der Waals surface area (Å²) < 4.78 is 39.8. The molecule has 116 valence electrons. The molecule has 7 heteroatoms. The highest BCUT2D eigenvalue weighted by molar-refractivity contribution is 6.30. The molecule has 0 heterocycles. The zero-order valence-electron chi connectivity index (χ0n) is 11.2. The van der Waals surface area contributed by atoms with Crippen molar-refractivity contribution in [2.75, 3.05) is 0 Å². The number of rotatable bonds is 5. The van der Waals surface area contributed by atoms with Crippen molar-refractivity contribution in [1.29, 1.82) is 0 Å². The summed E-state index contributed by atoms with van der Waals surface area (Å²) in [6, 6.07) is 12.4. The van der Waals surface area contributed by atoms with Gasteiger partial charge in [-0.2, -0.15) is 0 Å². The standard InChI is InChI=1S/C15H11ClF3NO2/c16-13-3-1-2-12(8-13)9-20-21-10-11-4-6-14(7-5-11)22-15(17,18)19/h1-9H,10H2. The van der Waals surface area contributed by atoms with E-state index in [1.165, 1.54) is 30.5 Å². The van der Waals surface area contributed by atoms with Crippen LogP contribution in [0.5, 0.6) is 5.75 Å². The van der Waals surface area contributed by atoms with Gasteiger partial charge in [-0.1, -0.05) is 41.0 Å². The summed E-state index contributed by atoms with van der Waals surface area (Å²) in [5, 5.41) is 4.35. The SMILES string of the molecule is FC(F)(F)Oc1ccc(CON=Cc2cccc(Cl)c2)cc1. The molecule has 0 N–H and O–H groups in total. The van der Waals surface area contributed by atoms with Gasteiger partial charge < -0.3 is 9.57 Å². The summed E-state index contributed by atoms with van der Waals surface area (Å²) in [5.41, 5.74) is 1.44. The molecule has 0 amide bonds. The fraction of sp³-hybridized carbons (Fsp3) is 0.133. The van der Waals surface area contributed by atoms with E-state index in [2.05, 4.69) is 9.89 Å². The molecule has 0 aromatic heterocycles. The number of ether oxygens (including phenoxy) is 1. The van der Waals surface area contributed by atoms with Crippen LogP contribution in [0.1, 0.15) is 11.1 Å². The van der Waals surface area contributed by atoms with Crippen LogP contribution in [0.25, 0.3) is 0 Å². The highest BCUT2D eigenvalue weighted by atomic mass is 35.5. The Bertz CT molecular complexity index is 642. The summed E-state index contributed by atoms with van der Waals surface area (Å²) >= 11 is 5.82. The number of hydrogen-bond donors (Lipinski definition) is 0. The Balaban J connectivity index is 1.84. The Labute approximate surface area is 129 Å². The number of hydrogen-bond acceptors (Lipinski definition) is 3. The van der Waals surface area contributed by atoms with Gasteiger partial charge in [-0.05, 0) is 35.4 Å². The molecule has 0 unspecified atom stereocenters. The summed E-state index contributed by atoms with van der Waals surface area (Å²) in [6.07, 6.45) is -3.20. The molecule has 0 radical (unpaired) electrons. The lowest BCUT2D eigenvalue weighted by atomic mass is 10.2. The van der Waals surface area contributed by atoms with Gasteiger partial charge >= 0.3 is 6.36 Å². The zero-order chi connectivity index (χ0) is 16.0. The van der Waals surface area contributed by atoms with Gasteiger partial charge in [0.1, 0.15) is 12.4 Å². The van der Waals surface area contributed by atoms with E-state index >= 15 is 0 Å². The summed E-state index contributed by atoms with van der Waals surface area (Å²) in [5.74, 6) is -0.279. The molecule has 0 fully saturated rings. The van der Waals surface area contributed by atoms with Crippen LogP contribution in [0.2, 0.25) is 5.02 Å². The number of oxime groups is 1. The van der Waals surface area contributed by atoms with Crippen molar-refractivity contribution < 1.29 is 22.7 Å². The highest BCUT2D eigenvalue weighted by Crippen LogP contribution is 2.22. The molecule has 2 rings (SSSR count). The fourth-order valence-corrected chi connectivity index (χ4v) is 1.78. The third-order valence-electron chi connectivity index (χ3n) is 2.51. The molecule has 0 saturated carbocycles. The van der Waals surface area contributed by atoms with Crippen LogP contribution >= 0.6 is 11.6 Å². The second kappa shape index (κ2) is 7.17. The van der Waals surface area contributed by atoms with Crippen molar-refractivity contribution in [3.8, 4) is 5.75 Å². The second-order valence-electron chi connectivity index (χ2n) is 4.25. The van der Waals surface area contributed by atoms with E-state index in [0.29, 0.717) is 10.6 Å². The van der Waals surface area contributed by atoms with Crippen LogP contribution in [0.3, 0.4) is 0 Å². The van der Waals surface area contributed by atoms with Gasteiger partial charge in [-0.15, -0.1) is 13.2 Å². The average Bonchev–Trinajstić information content (AvgIpc) is 2.44. The van der Waals surface area contributed by atoms with E-state index in [9.17, 15) is 13.2 Å².